The van der Waals surface area contributed by atoms with Gasteiger partial charge in [-0.3, -0.25) is 0 Å². The molecule has 38 heavy (non-hydrogen) atoms. The van der Waals surface area contributed by atoms with E-state index in [1.807, 2.05) is 6.92 Å². The van der Waals surface area contributed by atoms with E-state index in [9.17, 15) is 21.9 Å². The lowest BCUT2D eigenvalue weighted by Gasteiger charge is -2.37. The molecule has 3 atom stereocenters. The second kappa shape index (κ2) is 11.2. The van der Waals surface area contributed by atoms with Crippen LogP contribution in [0, 0.1) is 23.7 Å². The molecular formula is C27H34N2O7S2. The van der Waals surface area contributed by atoms with Crippen molar-refractivity contribution in [2.75, 3.05) is 33.9 Å². The van der Waals surface area contributed by atoms with E-state index in [-0.39, 0.29) is 35.2 Å². The number of hydrogen-bond acceptors (Lipinski definition) is 7. The zero-order chi connectivity index (χ0) is 27.7. The number of likely N-dealkylation sites (N-methyl/N-ethyl adjacent to an activating group) is 1. The third kappa shape index (κ3) is 6.00. The molecule has 0 amide bonds. The first-order chi connectivity index (χ1) is 18.0. The maximum Gasteiger partial charge on any atom is 0.247 e. The Labute approximate surface area is 225 Å². The monoisotopic (exact) mass is 562 g/mol. The normalized spacial score (nSPS) is 22.3. The first kappa shape index (κ1) is 28.4. The van der Waals surface area contributed by atoms with Crippen molar-refractivity contribution in [1.29, 1.82) is 0 Å². The summed E-state index contributed by atoms with van der Waals surface area (Å²) in [4.78, 5) is 0.0720. The molecule has 4 rings (SSSR count). The minimum atomic E-state index is -4.00. The van der Waals surface area contributed by atoms with Gasteiger partial charge >= 0.3 is 0 Å². The third-order valence-corrected chi connectivity index (χ3v) is 10.7. The summed E-state index contributed by atoms with van der Waals surface area (Å²) in [5, 5.41) is 9.82. The third-order valence-electron chi connectivity index (χ3n) is 6.87. The van der Waals surface area contributed by atoms with Crippen molar-refractivity contribution in [3.8, 4) is 23.3 Å². The molecule has 0 bridgehead atoms. The largest absolute Gasteiger partial charge is 0.497 e. The average Bonchev–Trinajstić information content (AvgIpc) is 3.73. The lowest BCUT2D eigenvalue weighted by molar-refractivity contribution is 0.0904. The van der Waals surface area contributed by atoms with Crippen molar-refractivity contribution in [3.05, 3.63) is 48.0 Å². The Morgan fingerprint density at radius 3 is 2.50 bits per heavy atom. The van der Waals surface area contributed by atoms with Gasteiger partial charge in [0.25, 0.3) is 0 Å². The highest BCUT2D eigenvalue weighted by atomic mass is 32.2. The maximum absolute atomic E-state index is 13.6. The van der Waals surface area contributed by atoms with Crippen molar-refractivity contribution in [1.82, 2.24) is 8.61 Å². The Balaban J connectivity index is 1.70. The van der Waals surface area contributed by atoms with Crippen LogP contribution < -0.4 is 9.47 Å². The summed E-state index contributed by atoms with van der Waals surface area (Å²) in [6.07, 6.45) is 1.44. The molecule has 1 aliphatic heterocycles. The lowest BCUT2D eigenvalue weighted by Crippen LogP contribution is -2.50. The molecule has 0 saturated heterocycles. The van der Waals surface area contributed by atoms with Crippen LogP contribution in [0.4, 0.5) is 0 Å². The molecule has 0 aromatic heterocycles. The van der Waals surface area contributed by atoms with Gasteiger partial charge in [0.15, 0.2) is 0 Å². The van der Waals surface area contributed by atoms with E-state index in [0.717, 1.165) is 12.8 Å². The fourth-order valence-electron chi connectivity index (χ4n) is 4.21. The molecule has 2 aliphatic rings. The second-order valence-electron chi connectivity index (χ2n) is 9.91. The van der Waals surface area contributed by atoms with Gasteiger partial charge in [-0.05, 0) is 62.2 Å². The van der Waals surface area contributed by atoms with Gasteiger partial charge in [0.2, 0.25) is 20.0 Å². The van der Waals surface area contributed by atoms with Gasteiger partial charge in [-0.1, -0.05) is 18.8 Å². The van der Waals surface area contributed by atoms with Gasteiger partial charge in [-0.25, -0.2) is 16.8 Å². The minimum Gasteiger partial charge on any atom is -0.497 e. The molecule has 0 unspecified atom stereocenters. The summed E-state index contributed by atoms with van der Waals surface area (Å²) in [7, 11) is -4.88. The van der Waals surface area contributed by atoms with Crippen LogP contribution in [0.25, 0.3) is 0 Å². The predicted molar refractivity (Wildman–Crippen MR) is 143 cm³/mol. The summed E-state index contributed by atoms with van der Waals surface area (Å²) >= 11 is 0. The van der Waals surface area contributed by atoms with Crippen molar-refractivity contribution in [2.45, 2.75) is 48.6 Å². The van der Waals surface area contributed by atoms with Gasteiger partial charge in [-0.2, -0.15) is 8.61 Å². The number of hydrogen-bond donors (Lipinski definition) is 1. The number of nitrogens with zero attached hydrogens (tertiary/aromatic N) is 2. The number of fused-ring (bicyclic) bond motifs is 1. The van der Waals surface area contributed by atoms with Crippen LogP contribution >= 0.6 is 0 Å². The molecule has 0 radical (unpaired) electrons. The highest BCUT2D eigenvalue weighted by Crippen LogP contribution is 2.35. The number of benzene rings is 2. The second-order valence-corrected chi connectivity index (χ2v) is 13.8. The minimum absolute atomic E-state index is 0.0195. The van der Waals surface area contributed by atoms with Crippen LogP contribution in [0.2, 0.25) is 0 Å². The molecule has 1 aliphatic carbocycles. The van der Waals surface area contributed by atoms with E-state index in [4.69, 9.17) is 9.47 Å². The highest BCUT2D eigenvalue weighted by Gasteiger charge is 2.39. The van der Waals surface area contributed by atoms with Gasteiger partial charge in [-0.15, -0.1) is 0 Å². The Kier molecular flexibility index (Phi) is 8.40. The van der Waals surface area contributed by atoms with E-state index in [0.29, 0.717) is 17.2 Å². The highest BCUT2D eigenvalue weighted by molar-refractivity contribution is 7.89. The van der Waals surface area contributed by atoms with Gasteiger partial charge in [0.05, 0.1) is 25.2 Å². The summed E-state index contributed by atoms with van der Waals surface area (Å²) < 4.78 is 67.8. The molecule has 1 fully saturated rings. The van der Waals surface area contributed by atoms with Crippen LogP contribution in [0.5, 0.6) is 11.5 Å². The van der Waals surface area contributed by atoms with Crippen LogP contribution in [0.1, 0.15) is 32.3 Å². The lowest BCUT2D eigenvalue weighted by atomic mass is 10.0. The fraction of sp³-hybridized carbons (Fsp3) is 0.481. The van der Waals surface area contributed by atoms with E-state index in [1.165, 1.54) is 41.0 Å². The Hall–Kier alpha value is -2.62. The van der Waals surface area contributed by atoms with Crippen LogP contribution in [-0.4, -0.2) is 76.6 Å². The van der Waals surface area contributed by atoms with Crippen molar-refractivity contribution < 1.29 is 31.4 Å². The van der Waals surface area contributed by atoms with Gasteiger partial charge in [0.1, 0.15) is 22.5 Å². The number of ether oxygens (including phenoxy) is 2. The quantitative estimate of drug-likeness (QED) is 0.516. The standard InChI is InChI=1S/C27H34N2O7S2/c1-19-16-29(20(2)18-30)38(33,34)27-14-9-22(8-7-21-5-6-21)15-25(27)36-26(19)17-28(3)37(31,32)24-12-10-23(35-4)11-13-24/h9-15,19-21,26,30H,5-6,16-18H2,1-4H3/t19-,20-,26+/m1/s1. The van der Waals surface area contributed by atoms with Gasteiger partial charge < -0.3 is 14.6 Å². The SMILES string of the molecule is COc1ccc(S(=O)(=O)N(C)C[C@@H]2Oc3cc(C#CC4CC4)ccc3S(=O)(=O)N([C@H](C)CO)C[C@H]2C)cc1. The maximum atomic E-state index is 13.6. The average molecular weight is 563 g/mol. The molecule has 1 N–H and O–H groups in total. The van der Waals surface area contributed by atoms with Crippen LogP contribution in [0.15, 0.2) is 52.3 Å². The van der Waals surface area contributed by atoms with Crippen LogP contribution in [0.3, 0.4) is 0 Å². The van der Waals surface area contributed by atoms with Crippen LogP contribution in [-0.2, 0) is 20.0 Å². The first-order valence-electron chi connectivity index (χ1n) is 12.5. The molecule has 1 heterocycles. The van der Waals surface area contributed by atoms with Crippen molar-refractivity contribution in [2.24, 2.45) is 11.8 Å². The zero-order valence-corrected chi connectivity index (χ0v) is 23.6. The fourth-order valence-corrected chi connectivity index (χ4v) is 7.22. The predicted octanol–water partition coefficient (Wildman–Crippen LogP) is 2.55. The topological polar surface area (TPSA) is 113 Å². The number of aliphatic hydroxyl groups excluding tert-OH is 1. The van der Waals surface area contributed by atoms with E-state index >= 15 is 0 Å². The summed E-state index contributed by atoms with van der Waals surface area (Å²) in [6, 6.07) is 10.2. The molecule has 9 nitrogen and oxygen atoms in total. The Bertz CT molecular complexity index is 1430. The summed E-state index contributed by atoms with van der Waals surface area (Å²) in [5.74, 6) is 6.89. The molecule has 1 saturated carbocycles. The Morgan fingerprint density at radius 2 is 1.89 bits per heavy atom. The number of sulfonamides is 2. The van der Waals surface area contributed by atoms with Gasteiger partial charge in [0, 0.05) is 37.0 Å². The van der Waals surface area contributed by atoms with E-state index in [2.05, 4.69) is 11.8 Å². The van der Waals surface area contributed by atoms with E-state index < -0.39 is 38.1 Å². The zero-order valence-electron chi connectivity index (χ0n) is 22.0. The van der Waals surface area contributed by atoms with E-state index in [1.54, 1.807) is 31.2 Å². The molecular weight excluding hydrogens is 528 g/mol. The number of methoxy groups -OCH3 is 1. The number of rotatable bonds is 7. The summed E-state index contributed by atoms with van der Waals surface area (Å²) in [5.41, 5.74) is 0.624. The smallest absolute Gasteiger partial charge is 0.247 e. The molecule has 2 aromatic carbocycles. The molecule has 2 aromatic rings. The molecule has 206 valence electrons. The Morgan fingerprint density at radius 1 is 1.21 bits per heavy atom. The first-order valence-corrected chi connectivity index (χ1v) is 15.4. The molecule has 0 spiro atoms. The molecule has 11 heteroatoms. The number of aliphatic hydroxyl groups is 1. The summed E-state index contributed by atoms with van der Waals surface area (Å²) in [6.45, 7) is 3.12. The van der Waals surface area contributed by atoms with Crippen molar-refractivity contribution >= 4 is 20.0 Å². The van der Waals surface area contributed by atoms with Crippen molar-refractivity contribution in [3.63, 3.8) is 0 Å².